The van der Waals surface area contributed by atoms with Gasteiger partial charge >= 0.3 is 0 Å². The quantitative estimate of drug-likeness (QED) is 0.543. The van der Waals surface area contributed by atoms with Gasteiger partial charge in [-0.2, -0.15) is 0 Å². The largest absolute Gasteiger partial charge is 0.539 e. The van der Waals surface area contributed by atoms with Crippen molar-refractivity contribution in [1.82, 2.24) is 5.27 Å². The van der Waals surface area contributed by atoms with Gasteiger partial charge in [0.1, 0.15) is 10.8 Å². The summed E-state index contributed by atoms with van der Waals surface area (Å²) < 4.78 is 27.4. The van der Waals surface area contributed by atoms with Crippen molar-refractivity contribution < 1.29 is 22.8 Å². The molecule has 2 rings (SSSR count). The summed E-state index contributed by atoms with van der Waals surface area (Å²) >= 11 is 0. The molecular formula is C8H13N3O4S. The third-order valence-corrected chi connectivity index (χ3v) is 4.52. The molecule has 0 bridgehead atoms. The molecular weight excluding hydrogens is 234 g/mol. The van der Waals surface area contributed by atoms with E-state index in [0.29, 0.717) is 6.54 Å². The number of hydrogen-bond donors (Lipinski definition) is 0. The van der Waals surface area contributed by atoms with Crippen LogP contribution in [0, 0.1) is 0 Å². The van der Waals surface area contributed by atoms with Crippen LogP contribution in [0.1, 0.15) is 13.8 Å². The summed E-state index contributed by atoms with van der Waals surface area (Å²) in [6.45, 7) is 3.87. The topological polar surface area (TPSA) is 90.4 Å². The van der Waals surface area contributed by atoms with Gasteiger partial charge in [0.2, 0.25) is 0 Å². The molecule has 0 N–H and O–H groups in total. The van der Waals surface area contributed by atoms with Gasteiger partial charge in [0, 0.05) is 4.79 Å². The molecule has 0 aliphatic carbocycles. The van der Waals surface area contributed by atoms with Gasteiger partial charge in [-0.25, -0.2) is 8.42 Å². The third kappa shape index (κ3) is 1.97. The minimum absolute atomic E-state index is 0.0358. The summed E-state index contributed by atoms with van der Waals surface area (Å²) in [5.74, 6) is -0.456. The lowest BCUT2D eigenvalue weighted by atomic mass is 10.1. The van der Waals surface area contributed by atoms with Crippen molar-refractivity contribution in [3.8, 4) is 5.95 Å². The Morgan fingerprint density at radius 2 is 2.31 bits per heavy atom. The molecule has 0 spiro atoms. The van der Waals surface area contributed by atoms with Crippen molar-refractivity contribution in [3.05, 3.63) is 6.20 Å². The van der Waals surface area contributed by atoms with E-state index in [0.717, 1.165) is 0 Å². The van der Waals surface area contributed by atoms with E-state index in [1.165, 1.54) is 11.0 Å². The van der Waals surface area contributed by atoms with Gasteiger partial charge in [-0.3, -0.25) is 0 Å². The molecule has 2 heterocycles. The summed E-state index contributed by atoms with van der Waals surface area (Å²) in [5, 5.41) is 16.1. The second kappa shape index (κ2) is 3.34. The zero-order chi connectivity index (χ0) is 12.0. The van der Waals surface area contributed by atoms with E-state index in [4.69, 9.17) is 0 Å². The van der Waals surface area contributed by atoms with E-state index in [9.17, 15) is 13.5 Å². The molecule has 7 nitrogen and oxygen atoms in total. The first-order valence-corrected chi connectivity index (χ1v) is 6.66. The van der Waals surface area contributed by atoms with Crippen molar-refractivity contribution in [1.29, 1.82) is 0 Å². The Morgan fingerprint density at radius 1 is 1.62 bits per heavy atom. The fourth-order valence-corrected chi connectivity index (χ4v) is 3.75. The number of aromatic nitrogens is 2. The predicted octanol–water partition coefficient (Wildman–Crippen LogP) is -1.82. The Kier molecular flexibility index (Phi) is 2.33. The molecule has 1 aromatic rings. The van der Waals surface area contributed by atoms with E-state index in [-0.39, 0.29) is 11.5 Å². The van der Waals surface area contributed by atoms with Gasteiger partial charge in [-0.15, -0.1) is 5.01 Å². The molecule has 1 aliphatic heterocycles. The van der Waals surface area contributed by atoms with Crippen molar-refractivity contribution in [2.24, 2.45) is 0 Å². The maximum atomic E-state index is 11.5. The molecule has 0 unspecified atom stereocenters. The minimum Gasteiger partial charge on any atom is -0.539 e. The van der Waals surface area contributed by atoms with Gasteiger partial charge in [0.15, 0.2) is 15.8 Å². The number of hydrogen-bond acceptors (Lipinski definition) is 6. The molecule has 0 radical (unpaired) electrons. The van der Waals surface area contributed by atoms with Gasteiger partial charge < -0.3 is 9.63 Å². The minimum atomic E-state index is -3.02. The predicted molar refractivity (Wildman–Crippen MR) is 52.0 cm³/mol. The first-order valence-electron chi connectivity index (χ1n) is 4.84. The average Bonchev–Trinajstić information content (AvgIpc) is 2.47. The zero-order valence-electron chi connectivity index (χ0n) is 9.08. The number of nitrogens with zero attached hydrogens (tertiary/aromatic N) is 3. The van der Waals surface area contributed by atoms with Crippen LogP contribution >= 0.6 is 0 Å². The van der Waals surface area contributed by atoms with Crippen molar-refractivity contribution >= 4 is 9.84 Å². The fraction of sp³-hybridized carbons (Fsp3) is 0.750. The second-order valence-electron chi connectivity index (χ2n) is 4.47. The van der Waals surface area contributed by atoms with E-state index in [1.807, 2.05) is 0 Å². The summed E-state index contributed by atoms with van der Waals surface area (Å²) in [4.78, 5) is 1.27. The second-order valence-corrected chi connectivity index (χ2v) is 6.65. The summed E-state index contributed by atoms with van der Waals surface area (Å²) in [5.41, 5.74) is -0.606. The molecule has 1 fully saturated rings. The van der Waals surface area contributed by atoms with Gasteiger partial charge in [-0.05, 0) is 13.8 Å². The van der Waals surface area contributed by atoms with E-state index in [1.54, 1.807) is 18.9 Å². The Hall–Kier alpha value is -1.31. The average molecular weight is 247 g/mol. The Labute approximate surface area is 93.1 Å². The van der Waals surface area contributed by atoms with Crippen molar-refractivity contribution in [2.45, 2.75) is 19.4 Å². The molecule has 1 aliphatic rings. The maximum Gasteiger partial charge on any atom is 0.255 e. The molecule has 0 atom stereocenters. The third-order valence-electron chi connectivity index (χ3n) is 2.57. The van der Waals surface area contributed by atoms with Crippen LogP contribution < -0.4 is 14.9 Å². The Balaban J connectivity index is 2.30. The molecule has 0 saturated carbocycles. The molecule has 1 saturated heterocycles. The van der Waals surface area contributed by atoms with Crippen LogP contribution in [0.25, 0.3) is 0 Å². The molecule has 1 aromatic heterocycles. The van der Waals surface area contributed by atoms with Crippen LogP contribution in [-0.2, 0) is 9.84 Å². The fourth-order valence-electron chi connectivity index (χ4n) is 1.93. The lowest BCUT2D eigenvalue weighted by molar-refractivity contribution is -0.765. The molecule has 8 heteroatoms. The number of sulfone groups is 1. The van der Waals surface area contributed by atoms with Crippen LogP contribution in [-0.4, -0.2) is 37.3 Å². The van der Waals surface area contributed by atoms with E-state index in [2.05, 4.69) is 9.79 Å². The highest BCUT2D eigenvalue weighted by atomic mass is 32.2. The molecule has 16 heavy (non-hydrogen) atoms. The molecule has 90 valence electrons. The lowest BCUT2D eigenvalue weighted by Crippen LogP contribution is -2.72. The van der Waals surface area contributed by atoms with E-state index < -0.39 is 21.3 Å². The van der Waals surface area contributed by atoms with Crippen LogP contribution in [0.4, 0.5) is 0 Å². The molecule has 0 amide bonds. The first kappa shape index (κ1) is 11.2. The molecule has 0 aromatic carbocycles. The normalized spacial score (nSPS) is 23.2. The maximum absolute atomic E-state index is 11.5. The SMILES string of the molecule is CC1(C)CS(=O)(=O)CCN1[n+]1cc([O-])on1. The van der Waals surface area contributed by atoms with Crippen LogP contribution in [0.15, 0.2) is 10.7 Å². The highest BCUT2D eigenvalue weighted by Gasteiger charge is 2.43. The Bertz CT molecular complexity index is 493. The first-order chi connectivity index (χ1) is 7.30. The summed E-state index contributed by atoms with van der Waals surface area (Å²) in [6.07, 6.45) is 1.19. The van der Waals surface area contributed by atoms with Crippen molar-refractivity contribution in [3.63, 3.8) is 0 Å². The standard InChI is InChI=1S/C8H13N3O4S/c1-8(2)6-16(13,14)4-3-10(8)11-5-7(12)15-9-11/h5H,3-4,6H2,1-2H3. The highest BCUT2D eigenvalue weighted by molar-refractivity contribution is 7.91. The smallest absolute Gasteiger partial charge is 0.255 e. The zero-order valence-corrected chi connectivity index (χ0v) is 9.90. The van der Waals surface area contributed by atoms with Gasteiger partial charge in [0.05, 0.1) is 18.1 Å². The lowest BCUT2D eigenvalue weighted by Gasteiger charge is -2.35. The van der Waals surface area contributed by atoms with E-state index >= 15 is 0 Å². The monoisotopic (exact) mass is 247 g/mol. The Morgan fingerprint density at radius 3 is 2.81 bits per heavy atom. The van der Waals surface area contributed by atoms with Crippen LogP contribution in [0.2, 0.25) is 0 Å². The number of rotatable bonds is 1. The van der Waals surface area contributed by atoms with Crippen LogP contribution in [0.5, 0.6) is 5.95 Å². The van der Waals surface area contributed by atoms with Crippen molar-refractivity contribution in [2.75, 3.05) is 23.1 Å². The van der Waals surface area contributed by atoms with Crippen LogP contribution in [0.3, 0.4) is 0 Å². The highest BCUT2D eigenvalue weighted by Crippen LogP contribution is 2.18. The summed E-state index contributed by atoms with van der Waals surface area (Å²) in [7, 11) is -3.02. The van der Waals surface area contributed by atoms with Gasteiger partial charge in [0.25, 0.3) is 6.20 Å². The summed E-state index contributed by atoms with van der Waals surface area (Å²) in [6, 6.07) is 0. The van der Waals surface area contributed by atoms with Gasteiger partial charge in [-0.1, -0.05) is 0 Å².